The van der Waals surface area contributed by atoms with Gasteiger partial charge in [0.15, 0.2) is 17.3 Å². The van der Waals surface area contributed by atoms with Gasteiger partial charge < -0.3 is 13.9 Å². The van der Waals surface area contributed by atoms with E-state index in [0.29, 0.717) is 11.2 Å². The maximum Gasteiger partial charge on any atom is 0.202 e. The second-order valence-corrected chi connectivity index (χ2v) is 12.1. The van der Waals surface area contributed by atoms with Crippen molar-refractivity contribution in [1.82, 2.24) is 29.6 Å². The number of aryl methyl sites for hydroxylation is 3. The van der Waals surface area contributed by atoms with Gasteiger partial charge in [-0.2, -0.15) is 0 Å². The highest BCUT2D eigenvalue weighted by molar-refractivity contribution is 7.99. The molecule has 0 N–H and O–H groups in total. The van der Waals surface area contributed by atoms with Crippen LogP contribution in [0.1, 0.15) is 34.8 Å². The van der Waals surface area contributed by atoms with Crippen molar-refractivity contribution in [3.8, 4) is 22.0 Å². The van der Waals surface area contributed by atoms with Gasteiger partial charge >= 0.3 is 0 Å². The van der Waals surface area contributed by atoms with Crippen LogP contribution >= 0.6 is 35.5 Å². The summed E-state index contributed by atoms with van der Waals surface area (Å²) in [6.45, 7) is 9.65. The number of halogens is 1. The van der Waals surface area contributed by atoms with Crippen LogP contribution in [0.15, 0.2) is 40.2 Å². The summed E-state index contributed by atoms with van der Waals surface area (Å²) < 4.78 is 7.48. The first-order valence-electron chi connectivity index (χ1n) is 12.1. The molecule has 1 saturated carbocycles. The van der Waals surface area contributed by atoms with Crippen LogP contribution in [0.5, 0.6) is 0 Å². The summed E-state index contributed by atoms with van der Waals surface area (Å²) in [6, 6.07) is 9.25. The fourth-order valence-corrected chi connectivity index (χ4v) is 7.33. The number of thioether (sulfide) groups is 1. The van der Waals surface area contributed by atoms with E-state index < -0.39 is 0 Å². The van der Waals surface area contributed by atoms with E-state index in [2.05, 4.69) is 63.2 Å². The van der Waals surface area contributed by atoms with Gasteiger partial charge in [0.2, 0.25) is 5.82 Å². The molecule has 0 spiro atoms. The summed E-state index contributed by atoms with van der Waals surface area (Å²) in [5, 5.41) is 10.7. The second kappa shape index (κ2) is 9.93. The molecule has 1 aliphatic heterocycles. The van der Waals surface area contributed by atoms with Crippen molar-refractivity contribution in [3.63, 3.8) is 0 Å². The molecule has 1 saturated heterocycles. The van der Waals surface area contributed by atoms with Crippen LogP contribution < -0.4 is 0 Å². The van der Waals surface area contributed by atoms with Gasteiger partial charge in [-0.15, -0.1) is 33.9 Å². The molecule has 2 fully saturated rings. The molecule has 2 aliphatic rings. The summed E-state index contributed by atoms with van der Waals surface area (Å²) in [5.74, 6) is 3.24. The Kier molecular flexibility index (Phi) is 7.02. The molecule has 7 nitrogen and oxygen atoms in total. The van der Waals surface area contributed by atoms with Crippen LogP contribution in [0, 0.1) is 26.7 Å². The monoisotopic (exact) mass is 542 g/mol. The van der Waals surface area contributed by atoms with Crippen LogP contribution in [0.25, 0.3) is 22.0 Å². The molecule has 4 aromatic rings. The van der Waals surface area contributed by atoms with Crippen molar-refractivity contribution in [1.29, 1.82) is 0 Å². The highest BCUT2D eigenvalue weighted by Crippen LogP contribution is 2.59. The Morgan fingerprint density at radius 3 is 2.81 bits per heavy atom. The number of oxazole rings is 1. The van der Waals surface area contributed by atoms with Crippen LogP contribution in [0.2, 0.25) is 0 Å². The lowest BCUT2D eigenvalue weighted by Crippen LogP contribution is -2.27. The van der Waals surface area contributed by atoms with E-state index in [1.54, 1.807) is 23.1 Å². The second-order valence-electron chi connectivity index (χ2n) is 9.85. The lowest BCUT2D eigenvalue weighted by molar-refractivity contribution is 0.299. The normalized spacial score (nSPS) is 20.9. The van der Waals surface area contributed by atoms with E-state index in [1.807, 2.05) is 18.5 Å². The Morgan fingerprint density at radius 2 is 2.06 bits per heavy atom. The first-order valence-corrected chi connectivity index (χ1v) is 13.9. The number of benzene rings is 1. The van der Waals surface area contributed by atoms with Gasteiger partial charge in [0.1, 0.15) is 0 Å². The molecule has 2 atom stereocenters. The van der Waals surface area contributed by atoms with Gasteiger partial charge in [-0.25, -0.2) is 9.97 Å². The number of hydrogen-bond acceptors (Lipinski definition) is 8. The number of aromatic nitrogens is 5. The predicted molar refractivity (Wildman–Crippen MR) is 147 cm³/mol. The van der Waals surface area contributed by atoms with Crippen molar-refractivity contribution in [2.45, 2.75) is 44.2 Å². The Hall–Kier alpha value is -2.20. The van der Waals surface area contributed by atoms with Gasteiger partial charge in [0.25, 0.3) is 0 Å². The lowest BCUT2D eigenvalue weighted by Gasteiger charge is -2.21. The molecule has 4 heterocycles. The molecule has 0 radical (unpaired) electrons. The minimum atomic E-state index is 0. The van der Waals surface area contributed by atoms with E-state index in [1.165, 1.54) is 41.9 Å². The number of fused-ring (bicyclic) bond motifs is 1. The van der Waals surface area contributed by atoms with Crippen LogP contribution in [0.3, 0.4) is 0 Å². The smallest absolute Gasteiger partial charge is 0.202 e. The van der Waals surface area contributed by atoms with Crippen molar-refractivity contribution in [2.24, 2.45) is 13.0 Å². The van der Waals surface area contributed by atoms with Gasteiger partial charge in [0.05, 0.1) is 21.3 Å². The van der Waals surface area contributed by atoms with E-state index in [4.69, 9.17) is 4.42 Å². The van der Waals surface area contributed by atoms with Crippen LogP contribution in [-0.4, -0.2) is 55.0 Å². The quantitative estimate of drug-likeness (QED) is 0.209. The molecule has 1 aliphatic carbocycles. The summed E-state index contributed by atoms with van der Waals surface area (Å²) in [4.78, 5) is 12.8. The molecule has 6 rings (SSSR count). The minimum absolute atomic E-state index is 0. The largest absolute Gasteiger partial charge is 0.440 e. The molecule has 3 aromatic heterocycles. The van der Waals surface area contributed by atoms with Gasteiger partial charge in [-0.3, -0.25) is 0 Å². The number of hydrogen-bond donors (Lipinski definition) is 0. The Morgan fingerprint density at radius 1 is 1.19 bits per heavy atom. The third kappa shape index (κ3) is 4.51. The molecule has 36 heavy (non-hydrogen) atoms. The summed E-state index contributed by atoms with van der Waals surface area (Å²) in [6.07, 6.45) is 3.92. The van der Waals surface area contributed by atoms with Gasteiger partial charge in [0, 0.05) is 31.3 Å². The molecule has 0 unspecified atom stereocenters. The number of piperidine rings is 1. The van der Waals surface area contributed by atoms with E-state index in [0.717, 1.165) is 52.0 Å². The third-order valence-electron chi connectivity index (χ3n) is 7.45. The number of rotatable bonds is 8. The van der Waals surface area contributed by atoms with E-state index >= 15 is 0 Å². The molecule has 10 heteroatoms. The molecule has 0 amide bonds. The SMILES string of the molecule is Cc1nc(C)c(-c2cccc([C@@]34C[C@@H]3CN(CCCSc3nnc(-c5ocnc5C)n3C)C4)c2)s1.Cl. The van der Waals surface area contributed by atoms with Crippen molar-refractivity contribution in [2.75, 3.05) is 25.4 Å². The van der Waals surface area contributed by atoms with E-state index in [9.17, 15) is 0 Å². The average molecular weight is 543 g/mol. The Bertz CT molecular complexity index is 1380. The molecular weight excluding hydrogens is 512 g/mol. The first kappa shape index (κ1) is 25.4. The zero-order chi connectivity index (χ0) is 24.2. The Balaban J connectivity index is 0.00000267. The van der Waals surface area contributed by atoms with Crippen molar-refractivity contribution < 1.29 is 4.42 Å². The number of thiazole rings is 1. The fourth-order valence-electron chi connectivity index (χ4n) is 5.58. The lowest BCUT2D eigenvalue weighted by atomic mass is 9.93. The number of likely N-dealkylation sites (tertiary alicyclic amines) is 1. The molecule has 190 valence electrons. The predicted octanol–water partition coefficient (Wildman–Crippen LogP) is 5.70. The zero-order valence-electron chi connectivity index (χ0n) is 21.0. The van der Waals surface area contributed by atoms with Crippen LogP contribution in [-0.2, 0) is 12.5 Å². The van der Waals surface area contributed by atoms with Gasteiger partial charge in [-0.1, -0.05) is 30.0 Å². The summed E-state index contributed by atoms with van der Waals surface area (Å²) in [7, 11) is 1.99. The molecular formula is C26H31ClN6OS2. The fraction of sp³-hybridized carbons (Fsp3) is 0.462. The summed E-state index contributed by atoms with van der Waals surface area (Å²) in [5.41, 5.74) is 5.16. The standard InChI is InChI=1S/C26H30N6OS2.ClH/c1-16-22(33-15-27-16)24-29-30-25(31(24)4)34-10-6-9-32-13-21-12-26(21,14-32)20-8-5-7-19(11-20)23-17(2)28-18(3)35-23;/h5,7-8,11,15,21H,6,9-10,12-14H2,1-4H3;1H/t21-,26+;/m1./s1. The molecule has 1 aromatic carbocycles. The number of nitrogens with zero attached hydrogens (tertiary/aromatic N) is 6. The van der Waals surface area contributed by atoms with Crippen LogP contribution in [0.4, 0.5) is 0 Å². The topological polar surface area (TPSA) is 72.9 Å². The molecule has 0 bridgehead atoms. The van der Waals surface area contributed by atoms with Gasteiger partial charge in [-0.05, 0) is 63.3 Å². The highest BCUT2D eigenvalue weighted by Gasteiger charge is 2.60. The summed E-state index contributed by atoms with van der Waals surface area (Å²) >= 11 is 3.56. The highest BCUT2D eigenvalue weighted by atomic mass is 35.5. The van der Waals surface area contributed by atoms with Crippen molar-refractivity contribution in [3.05, 3.63) is 52.6 Å². The maximum atomic E-state index is 5.48. The Labute approximate surface area is 226 Å². The average Bonchev–Trinajstić information content (AvgIpc) is 3.25. The van der Waals surface area contributed by atoms with E-state index in [-0.39, 0.29) is 12.4 Å². The zero-order valence-corrected chi connectivity index (χ0v) is 23.5. The third-order valence-corrected chi connectivity index (χ3v) is 9.68. The first-order chi connectivity index (χ1) is 16.9. The maximum absolute atomic E-state index is 5.48. The van der Waals surface area contributed by atoms with Crippen molar-refractivity contribution >= 4 is 35.5 Å². The minimum Gasteiger partial charge on any atom is -0.440 e.